The fraction of sp³-hybridized carbons (Fsp3) is 0.480. The average molecular weight is 475 g/mol. The third-order valence-electron chi connectivity index (χ3n) is 5.74. The number of benzene rings is 2. The molecule has 33 heavy (non-hydrogen) atoms. The van der Waals surface area contributed by atoms with Gasteiger partial charge in [0.25, 0.3) is 0 Å². The van der Waals surface area contributed by atoms with Crippen molar-refractivity contribution < 1.29 is 22.7 Å². The topological polar surface area (TPSA) is 84.9 Å². The highest BCUT2D eigenvalue weighted by Gasteiger charge is 2.25. The largest absolute Gasteiger partial charge is 0.490 e. The Morgan fingerprint density at radius 3 is 2.27 bits per heavy atom. The van der Waals surface area contributed by atoms with Crippen LogP contribution in [-0.4, -0.2) is 51.6 Å². The van der Waals surface area contributed by atoms with Gasteiger partial charge >= 0.3 is 0 Å². The van der Waals surface area contributed by atoms with Crippen LogP contribution in [0.1, 0.15) is 42.9 Å². The van der Waals surface area contributed by atoms with Crippen molar-refractivity contribution in [1.82, 2.24) is 9.62 Å². The van der Waals surface area contributed by atoms with E-state index < -0.39 is 10.0 Å². The van der Waals surface area contributed by atoms with Crippen LogP contribution in [0.25, 0.3) is 0 Å². The molecule has 180 valence electrons. The number of nitrogens with one attached hydrogen (secondary N) is 1. The number of sulfonamides is 1. The summed E-state index contributed by atoms with van der Waals surface area (Å²) in [5.74, 6) is 1.40. The number of para-hydroxylation sites is 2. The second-order valence-electron chi connectivity index (χ2n) is 8.45. The van der Waals surface area contributed by atoms with Gasteiger partial charge in [0.2, 0.25) is 15.9 Å². The molecule has 1 N–H and O–H groups in total. The van der Waals surface area contributed by atoms with Crippen LogP contribution in [0.3, 0.4) is 0 Å². The Labute approximate surface area is 197 Å². The van der Waals surface area contributed by atoms with Crippen LogP contribution in [0.5, 0.6) is 11.5 Å². The number of hydrogen-bond donors (Lipinski definition) is 1. The van der Waals surface area contributed by atoms with E-state index in [2.05, 4.69) is 4.72 Å². The maximum absolute atomic E-state index is 12.8. The van der Waals surface area contributed by atoms with Gasteiger partial charge in [-0.2, -0.15) is 0 Å². The molecule has 1 aliphatic rings. The molecule has 2 aromatic carbocycles. The minimum absolute atomic E-state index is 0.0154. The number of hydrogen-bond acceptors (Lipinski definition) is 5. The summed E-state index contributed by atoms with van der Waals surface area (Å²) in [6.07, 6.45) is 1.59. The Morgan fingerprint density at radius 2 is 1.67 bits per heavy atom. The molecule has 0 aromatic heterocycles. The number of carbonyl (C=O) groups is 1. The summed E-state index contributed by atoms with van der Waals surface area (Å²) in [7, 11) is -3.67. The van der Waals surface area contributed by atoms with Crippen LogP contribution >= 0.6 is 0 Å². The van der Waals surface area contributed by atoms with Gasteiger partial charge in [0.15, 0.2) is 11.5 Å². The average Bonchev–Trinajstić information content (AvgIpc) is 2.74. The summed E-state index contributed by atoms with van der Waals surface area (Å²) in [5, 5.41) is 0. The highest BCUT2D eigenvalue weighted by molar-refractivity contribution is 7.89. The molecule has 1 fully saturated rings. The molecule has 0 saturated carbocycles. The first-order valence-electron chi connectivity index (χ1n) is 11.4. The smallest absolute Gasteiger partial charge is 0.241 e. The molecule has 1 saturated heterocycles. The van der Waals surface area contributed by atoms with Gasteiger partial charge in [-0.15, -0.1) is 0 Å². The maximum atomic E-state index is 12.8. The zero-order valence-electron chi connectivity index (χ0n) is 19.9. The lowest BCUT2D eigenvalue weighted by molar-refractivity contribution is -0.132. The number of aryl methyl sites for hydroxylation is 3. The van der Waals surface area contributed by atoms with Crippen molar-refractivity contribution in [2.75, 3.05) is 26.2 Å². The molecule has 8 heteroatoms. The zero-order valence-corrected chi connectivity index (χ0v) is 20.7. The van der Waals surface area contributed by atoms with E-state index in [0.29, 0.717) is 35.7 Å². The number of amides is 1. The summed E-state index contributed by atoms with van der Waals surface area (Å²) in [6.45, 7) is 9.27. The van der Waals surface area contributed by atoms with E-state index in [-0.39, 0.29) is 25.0 Å². The van der Waals surface area contributed by atoms with Crippen molar-refractivity contribution in [3.05, 3.63) is 53.1 Å². The molecule has 1 heterocycles. The molecule has 1 amide bonds. The van der Waals surface area contributed by atoms with E-state index in [1.54, 1.807) is 18.7 Å². The van der Waals surface area contributed by atoms with E-state index >= 15 is 0 Å². The number of nitrogens with zero attached hydrogens (tertiary/aromatic N) is 1. The first-order chi connectivity index (χ1) is 15.7. The Kier molecular flexibility index (Phi) is 8.37. The standard InChI is InChI=1S/C25H34N2O5S/c1-5-31-22-8-6-7-9-23(22)32-21-11-14-27(15-12-21)24(28)10-13-26-33(29,30)25-19(3)16-18(2)17-20(25)4/h6-9,16-17,21,26H,5,10-15H2,1-4H3. The lowest BCUT2D eigenvalue weighted by Crippen LogP contribution is -2.42. The Bertz CT molecular complexity index is 1050. The summed E-state index contributed by atoms with van der Waals surface area (Å²) in [6, 6.07) is 11.3. The van der Waals surface area contributed by atoms with E-state index in [4.69, 9.17) is 9.47 Å². The number of likely N-dealkylation sites (tertiary alicyclic amines) is 1. The van der Waals surface area contributed by atoms with Gasteiger partial charge in [0.1, 0.15) is 6.10 Å². The molecule has 0 unspecified atom stereocenters. The van der Waals surface area contributed by atoms with Crippen molar-refractivity contribution in [3.63, 3.8) is 0 Å². The van der Waals surface area contributed by atoms with Crippen molar-refractivity contribution in [3.8, 4) is 11.5 Å². The number of ether oxygens (including phenoxy) is 2. The second kappa shape index (κ2) is 11.0. The molecule has 0 aliphatic carbocycles. The Balaban J connectivity index is 1.48. The first-order valence-corrected chi connectivity index (χ1v) is 12.9. The van der Waals surface area contributed by atoms with Gasteiger partial charge in [-0.05, 0) is 51.0 Å². The molecular weight excluding hydrogens is 440 g/mol. The molecule has 1 aliphatic heterocycles. The fourth-order valence-corrected chi connectivity index (χ4v) is 5.82. The van der Waals surface area contributed by atoms with Crippen LogP contribution in [0.15, 0.2) is 41.3 Å². The first kappa shape index (κ1) is 25.1. The molecule has 3 rings (SSSR count). The minimum atomic E-state index is -3.67. The normalized spacial score (nSPS) is 14.8. The summed E-state index contributed by atoms with van der Waals surface area (Å²) < 4.78 is 39.9. The fourth-order valence-electron chi connectivity index (χ4n) is 4.34. The lowest BCUT2D eigenvalue weighted by Gasteiger charge is -2.32. The Hall–Kier alpha value is -2.58. The maximum Gasteiger partial charge on any atom is 0.241 e. The van der Waals surface area contributed by atoms with Gasteiger partial charge in [0, 0.05) is 38.9 Å². The summed E-state index contributed by atoms with van der Waals surface area (Å²) >= 11 is 0. The number of piperidine rings is 1. The van der Waals surface area contributed by atoms with Gasteiger partial charge in [0.05, 0.1) is 11.5 Å². The predicted octanol–water partition coefficient (Wildman–Crippen LogP) is 3.75. The van der Waals surface area contributed by atoms with Crippen LogP contribution in [0.2, 0.25) is 0 Å². The monoisotopic (exact) mass is 474 g/mol. The van der Waals surface area contributed by atoms with Gasteiger partial charge in [-0.25, -0.2) is 13.1 Å². The van der Waals surface area contributed by atoms with E-state index in [0.717, 1.165) is 29.9 Å². The minimum Gasteiger partial charge on any atom is -0.490 e. The molecule has 2 aromatic rings. The zero-order chi connectivity index (χ0) is 24.0. The molecule has 0 bridgehead atoms. The van der Waals surface area contributed by atoms with Crippen molar-refractivity contribution in [2.24, 2.45) is 0 Å². The van der Waals surface area contributed by atoms with Crippen molar-refractivity contribution in [2.45, 2.75) is 58.0 Å². The highest BCUT2D eigenvalue weighted by atomic mass is 32.2. The lowest BCUT2D eigenvalue weighted by atomic mass is 10.1. The van der Waals surface area contributed by atoms with Crippen molar-refractivity contribution in [1.29, 1.82) is 0 Å². The van der Waals surface area contributed by atoms with Crippen LogP contribution < -0.4 is 14.2 Å². The van der Waals surface area contributed by atoms with Crippen LogP contribution in [0.4, 0.5) is 0 Å². The van der Waals surface area contributed by atoms with Crippen LogP contribution in [0, 0.1) is 20.8 Å². The second-order valence-corrected chi connectivity index (χ2v) is 10.2. The molecule has 0 radical (unpaired) electrons. The van der Waals surface area contributed by atoms with Crippen molar-refractivity contribution >= 4 is 15.9 Å². The summed E-state index contributed by atoms with van der Waals surface area (Å²) in [4.78, 5) is 14.7. The Morgan fingerprint density at radius 1 is 1.06 bits per heavy atom. The van der Waals surface area contributed by atoms with Crippen LogP contribution in [-0.2, 0) is 14.8 Å². The number of rotatable bonds is 9. The number of carbonyl (C=O) groups excluding carboxylic acids is 1. The van der Waals surface area contributed by atoms with E-state index in [9.17, 15) is 13.2 Å². The third-order valence-corrected chi connectivity index (χ3v) is 7.51. The van der Waals surface area contributed by atoms with Gasteiger partial charge in [-0.1, -0.05) is 29.8 Å². The molecular formula is C25H34N2O5S. The molecule has 7 nitrogen and oxygen atoms in total. The van der Waals surface area contributed by atoms with Gasteiger partial charge < -0.3 is 14.4 Å². The third kappa shape index (κ3) is 6.48. The highest BCUT2D eigenvalue weighted by Crippen LogP contribution is 2.29. The molecule has 0 spiro atoms. The summed E-state index contributed by atoms with van der Waals surface area (Å²) in [5.41, 5.74) is 2.44. The SMILES string of the molecule is CCOc1ccccc1OC1CCN(C(=O)CCNS(=O)(=O)c2c(C)cc(C)cc2C)CC1. The van der Waals surface area contributed by atoms with E-state index in [1.807, 2.05) is 50.2 Å². The molecule has 0 atom stereocenters. The predicted molar refractivity (Wildman–Crippen MR) is 128 cm³/mol. The van der Waals surface area contributed by atoms with Gasteiger partial charge in [-0.3, -0.25) is 4.79 Å². The van der Waals surface area contributed by atoms with E-state index in [1.165, 1.54) is 0 Å². The quantitative estimate of drug-likeness (QED) is 0.598.